The molecule has 0 aromatic carbocycles. The Bertz CT molecular complexity index is 440. The van der Waals surface area contributed by atoms with E-state index in [1.807, 2.05) is 13.8 Å². The van der Waals surface area contributed by atoms with Gasteiger partial charge in [0, 0.05) is 13.3 Å². The number of rotatable bonds is 5. The van der Waals surface area contributed by atoms with Crippen molar-refractivity contribution < 1.29 is 19.4 Å². The van der Waals surface area contributed by atoms with E-state index in [-0.39, 0.29) is 11.6 Å². The molecule has 0 bridgehead atoms. The number of carboxylic acids is 1. The number of nitrogens with one attached hydrogen (secondary N) is 1. The lowest BCUT2D eigenvalue weighted by Crippen LogP contribution is -2.46. The quantitative estimate of drug-likeness (QED) is 0.814. The van der Waals surface area contributed by atoms with Gasteiger partial charge in [0.15, 0.2) is 0 Å². The van der Waals surface area contributed by atoms with Gasteiger partial charge in [0.05, 0.1) is 17.7 Å². The largest absolute Gasteiger partial charge is 0.477 e. The average Bonchev–Trinajstić information content (AvgIpc) is 2.28. The Hall–Kier alpha value is -1.95. The number of nitrogens with zero attached hydrogens (tertiary/aromatic N) is 1. The van der Waals surface area contributed by atoms with Crippen molar-refractivity contribution in [2.75, 3.05) is 13.7 Å². The Balaban J connectivity index is 2.76. The van der Waals surface area contributed by atoms with Crippen LogP contribution < -0.4 is 5.32 Å². The van der Waals surface area contributed by atoms with Gasteiger partial charge < -0.3 is 15.2 Å². The van der Waals surface area contributed by atoms with Crippen molar-refractivity contribution in [2.24, 2.45) is 0 Å². The second-order valence-electron chi connectivity index (χ2n) is 4.51. The van der Waals surface area contributed by atoms with E-state index in [1.165, 1.54) is 18.3 Å². The fourth-order valence-electron chi connectivity index (χ4n) is 1.43. The molecule has 0 unspecified atom stereocenters. The van der Waals surface area contributed by atoms with Gasteiger partial charge in [0.25, 0.3) is 5.91 Å². The lowest BCUT2D eigenvalue weighted by Gasteiger charge is -2.25. The number of methoxy groups -OCH3 is 1. The topological polar surface area (TPSA) is 88.5 Å². The molecule has 0 saturated heterocycles. The number of carbonyl (C=O) groups excluding carboxylic acids is 1. The Morgan fingerprint density at radius 3 is 2.56 bits per heavy atom. The van der Waals surface area contributed by atoms with Crippen molar-refractivity contribution >= 4 is 11.9 Å². The van der Waals surface area contributed by atoms with Crippen molar-refractivity contribution in [1.82, 2.24) is 10.3 Å². The van der Waals surface area contributed by atoms with Gasteiger partial charge in [-0.1, -0.05) is 0 Å². The van der Waals surface area contributed by atoms with Gasteiger partial charge in [-0.05, 0) is 26.0 Å². The highest BCUT2D eigenvalue weighted by molar-refractivity contribution is 5.95. The van der Waals surface area contributed by atoms with E-state index >= 15 is 0 Å². The van der Waals surface area contributed by atoms with E-state index < -0.39 is 11.5 Å². The average molecular weight is 252 g/mol. The number of amides is 1. The summed E-state index contributed by atoms with van der Waals surface area (Å²) < 4.78 is 4.99. The maximum Gasteiger partial charge on any atom is 0.354 e. The van der Waals surface area contributed by atoms with Crippen molar-refractivity contribution in [3.8, 4) is 0 Å². The molecule has 98 valence electrons. The summed E-state index contributed by atoms with van der Waals surface area (Å²) >= 11 is 0. The van der Waals surface area contributed by atoms with Crippen molar-refractivity contribution in [3.05, 3.63) is 29.6 Å². The lowest BCUT2D eigenvalue weighted by atomic mass is 10.1. The summed E-state index contributed by atoms with van der Waals surface area (Å²) in [7, 11) is 1.55. The van der Waals surface area contributed by atoms with Gasteiger partial charge in [-0.25, -0.2) is 9.78 Å². The van der Waals surface area contributed by atoms with Gasteiger partial charge in [0.1, 0.15) is 5.69 Å². The molecule has 1 amide bonds. The zero-order chi connectivity index (χ0) is 13.8. The summed E-state index contributed by atoms with van der Waals surface area (Å²) in [5.41, 5.74) is -0.288. The number of hydrogen-bond acceptors (Lipinski definition) is 4. The highest BCUT2D eigenvalue weighted by Crippen LogP contribution is 2.06. The highest BCUT2D eigenvalue weighted by atomic mass is 16.5. The van der Waals surface area contributed by atoms with Crippen molar-refractivity contribution in [1.29, 1.82) is 0 Å². The molecule has 1 aromatic rings. The highest BCUT2D eigenvalue weighted by Gasteiger charge is 2.21. The predicted octanol–water partition coefficient (Wildman–Crippen LogP) is 0.935. The molecular formula is C12H16N2O4. The molecule has 0 spiro atoms. The molecule has 6 nitrogen and oxygen atoms in total. The smallest absolute Gasteiger partial charge is 0.354 e. The van der Waals surface area contributed by atoms with Gasteiger partial charge in [-0.3, -0.25) is 4.79 Å². The Morgan fingerprint density at radius 2 is 2.11 bits per heavy atom. The fraction of sp³-hybridized carbons (Fsp3) is 0.417. The first kappa shape index (κ1) is 14.1. The molecule has 6 heteroatoms. The van der Waals surface area contributed by atoms with Crippen LogP contribution in [0.3, 0.4) is 0 Å². The Morgan fingerprint density at radius 1 is 1.44 bits per heavy atom. The van der Waals surface area contributed by atoms with Gasteiger partial charge >= 0.3 is 5.97 Å². The van der Waals surface area contributed by atoms with E-state index in [1.54, 1.807) is 7.11 Å². The number of carboxylic acid groups (broad SMARTS) is 1. The van der Waals surface area contributed by atoms with Crippen LogP contribution in [0.25, 0.3) is 0 Å². The van der Waals surface area contributed by atoms with Crippen molar-refractivity contribution in [2.45, 2.75) is 19.4 Å². The number of pyridine rings is 1. The summed E-state index contributed by atoms with van der Waals surface area (Å²) in [6.45, 7) is 4.03. The normalized spacial score (nSPS) is 11.1. The summed E-state index contributed by atoms with van der Waals surface area (Å²) in [4.78, 5) is 26.2. The monoisotopic (exact) mass is 252 g/mol. The Labute approximate surface area is 105 Å². The zero-order valence-electron chi connectivity index (χ0n) is 10.6. The summed E-state index contributed by atoms with van der Waals surface area (Å²) in [6.07, 6.45) is 1.24. The minimum absolute atomic E-state index is 0.0947. The third-order valence-electron chi connectivity index (χ3n) is 2.20. The third-order valence-corrected chi connectivity index (χ3v) is 2.20. The molecule has 2 N–H and O–H groups in total. The molecule has 0 aliphatic heterocycles. The van der Waals surface area contributed by atoms with E-state index in [2.05, 4.69) is 10.3 Å². The molecule has 0 aliphatic rings. The van der Waals surface area contributed by atoms with Crippen LogP contribution in [0.1, 0.15) is 34.7 Å². The van der Waals surface area contributed by atoms with E-state index in [0.29, 0.717) is 12.2 Å². The predicted molar refractivity (Wildman–Crippen MR) is 64.6 cm³/mol. The van der Waals surface area contributed by atoms with E-state index in [0.717, 1.165) is 0 Å². The first-order valence-electron chi connectivity index (χ1n) is 5.36. The molecule has 0 fully saturated rings. The SMILES string of the molecule is COCC(C)(C)NC(=O)c1ccc(C(=O)O)nc1. The summed E-state index contributed by atoms with van der Waals surface area (Å²) in [5.74, 6) is -1.44. The Kier molecular flexibility index (Phi) is 4.38. The molecule has 18 heavy (non-hydrogen) atoms. The summed E-state index contributed by atoms with van der Waals surface area (Å²) in [6, 6.07) is 2.72. The van der Waals surface area contributed by atoms with Crippen LogP contribution in [-0.2, 0) is 4.74 Å². The van der Waals surface area contributed by atoms with Crippen LogP contribution in [-0.4, -0.2) is 41.2 Å². The maximum absolute atomic E-state index is 11.9. The molecule has 0 saturated carbocycles. The second kappa shape index (κ2) is 5.59. The first-order chi connectivity index (χ1) is 8.35. The standard InChI is InChI=1S/C12H16N2O4/c1-12(2,7-18-3)14-10(15)8-4-5-9(11(16)17)13-6-8/h4-6H,7H2,1-3H3,(H,14,15)(H,16,17). The number of aromatic carboxylic acids is 1. The second-order valence-corrected chi connectivity index (χ2v) is 4.51. The van der Waals surface area contributed by atoms with E-state index in [9.17, 15) is 9.59 Å². The van der Waals surface area contributed by atoms with Gasteiger partial charge in [0.2, 0.25) is 0 Å². The lowest BCUT2D eigenvalue weighted by molar-refractivity contribution is 0.0689. The minimum Gasteiger partial charge on any atom is -0.477 e. The van der Waals surface area contributed by atoms with Crippen LogP contribution in [0.2, 0.25) is 0 Å². The number of aromatic nitrogens is 1. The van der Waals surface area contributed by atoms with Crippen LogP contribution >= 0.6 is 0 Å². The molecule has 1 heterocycles. The molecule has 0 atom stereocenters. The van der Waals surface area contributed by atoms with Gasteiger partial charge in [-0.2, -0.15) is 0 Å². The van der Waals surface area contributed by atoms with E-state index in [4.69, 9.17) is 9.84 Å². The molecule has 1 aromatic heterocycles. The fourth-order valence-corrected chi connectivity index (χ4v) is 1.43. The van der Waals surface area contributed by atoms with Crippen LogP contribution in [0.15, 0.2) is 18.3 Å². The molecular weight excluding hydrogens is 236 g/mol. The molecule has 0 aliphatic carbocycles. The van der Waals surface area contributed by atoms with Crippen LogP contribution in [0.5, 0.6) is 0 Å². The number of ether oxygens (including phenoxy) is 1. The number of carbonyl (C=O) groups is 2. The van der Waals surface area contributed by atoms with Crippen molar-refractivity contribution in [3.63, 3.8) is 0 Å². The van der Waals surface area contributed by atoms with Gasteiger partial charge in [-0.15, -0.1) is 0 Å². The third kappa shape index (κ3) is 3.81. The zero-order valence-corrected chi connectivity index (χ0v) is 10.6. The van der Waals surface area contributed by atoms with Crippen LogP contribution in [0.4, 0.5) is 0 Å². The number of hydrogen-bond donors (Lipinski definition) is 2. The maximum atomic E-state index is 11.9. The molecule has 0 radical (unpaired) electrons. The molecule has 1 rings (SSSR count). The summed E-state index contributed by atoms with van der Waals surface area (Å²) in [5, 5.41) is 11.5. The first-order valence-corrected chi connectivity index (χ1v) is 5.36. The van der Waals surface area contributed by atoms with Crippen LogP contribution in [0, 0.1) is 0 Å². The minimum atomic E-state index is -1.12.